The monoisotopic (exact) mass is 414 g/mol. The number of likely N-dealkylation sites (tertiary alicyclic amines) is 1. The second-order valence-corrected chi connectivity index (χ2v) is 8.73. The molecule has 0 spiro atoms. The first-order valence-electron chi connectivity index (χ1n) is 9.81. The maximum absolute atomic E-state index is 12.8. The summed E-state index contributed by atoms with van der Waals surface area (Å²) in [6.07, 6.45) is 5.55. The molecule has 154 valence electrons. The van der Waals surface area contributed by atoms with E-state index in [1.165, 1.54) is 11.3 Å². The zero-order valence-corrected chi connectivity index (χ0v) is 17.8. The zero-order chi connectivity index (χ0) is 21.0. The first-order valence-corrected chi connectivity index (χ1v) is 10.7. The molecule has 2 aromatic rings. The van der Waals surface area contributed by atoms with Crippen LogP contribution >= 0.6 is 11.3 Å². The highest BCUT2D eigenvalue weighted by atomic mass is 32.1. The van der Waals surface area contributed by atoms with E-state index >= 15 is 0 Å². The number of carbonyl (C=O) groups is 3. The minimum absolute atomic E-state index is 0.246. The largest absolute Gasteiger partial charge is 0.347 e. The molecule has 0 aromatic carbocycles. The summed E-state index contributed by atoms with van der Waals surface area (Å²) in [5.41, 5.74) is 0.555. The lowest BCUT2D eigenvalue weighted by molar-refractivity contribution is -0.149. The molecule has 2 aromatic heterocycles. The van der Waals surface area contributed by atoms with E-state index < -0.39 is 11.3 Å². The third-order valence-electron chi connectivity index (χ3n) is 5.42. The Kier molecular flexibility index (Phi) is 6.42. The van der Waals surface area contributed by atoms with E-state index in [4.69, 9.17) is 0 Å². The van der Waals surface area contributed by atoms with Crippen molar-refractivity contribution in [3.8, 4) is 0 Å². The molecule has 3 rings (SSSR count). The number of rotatable bonds is 7. The van der Waals surface area contributed by atoms with Crippen LogP contribution in [-0.4, -0.2) is 39.0 Å². The van der Waals surface area contributed by atoms with Gasteiger partial charge in [-0.05, 0) is 30.9 Å². The number of nitrogens with zero attached hydrogens (tertiary/aromatic N) is 3. The predicted molar refractivity (Wildman–Crippen MR) is 110 cm³/mol. The molecule has 0 aliphatic carbocycles. The first kappa shape index (κ1) is 21.1. The minimum Gasteiger partial charge on any atom is -0.347 e. The fourth-order valence-electron chi connectivity index (χ4n) is 3.17. The number of amides is 2. The van der Waals surface area contributed by atoms with Crippen LogP contribution in [0.3, 0.4) is 0 Å². The number of Topliss-reactive ketones (excluding diaryl/α,β-unsaturated/α-hetero) is 1. The molecule has 0 bridgehead atoms. The molecule has 0 saturated carbocycles. The number of aromatic nitrogens is 2. The Hall–Kier alpha value is -2.61. The van der Waals surface area contributed by atoms with Crippen molar-refractivity contribution < 1.29 is 14.4 Å². The molecule has 1 N–H and O–H groups in total. The molecule has 1 unspecified atom stereocenters. The average molecular weight is 415 g/mol. The number of ketones is 1. The standard InChI is InChI=1S/C21H26N4O3S/c1-4-21(2,3)17(26)20(28)25-10-6-8-16(25)19-24-15(13-29-19)18(27)23-12-14-7-5-9-22-11-14/h5,7,9,11,13,16H,4,6,8,10,12H2,1-3H3,(H,23,27). The van der Waals surface area contributed by atoms with Gasteiger partial charge in [-0.3, -0.25) is 19.4 Å². The van der Waals surface area contributed by atoms with Crippen LogP contribution in [0.15, 0.2) is 29.9 Å². The Morgan fingerprint density at radius 1 is 1.34 bits per heavy atom. The van der Waals surface area contributed by atoms with Crippen molar-refractivity contribution in [3.63, 3.8) is 0 Å². The highest BCUT2D eigenvalue weighted by Crippen LogP contribution is 2.35. The summed E-state index contributed by atoms with van der Waals surface area (Å²) < 4.78 is 0. The van der Waals surface area contributed by atoms with Crippen molar-refractivity contribution in [1.29, 1.82) is 0 Å². The van der Waals surface area contributed by atoms with Gasteiger partial charge >= 0.3 is 0 Å². The SMILES string of the molecule is CCC(C)(C)C(=O)C(=O)N1CCCC1c1nc(C(=O)NCc2cccnc2)cs1. The summed E-state index contributed by atoms with van der Waals surface area (Å²) in [5, 5.41) is 5.23. The fraction of sp³-hybridized carbons (Fsp3) is 0.476. The third kappa shape index (κ3) is 4.70. The third-order valence-corrected chi connectivity index (χ3v) is 6.37. The Morgan fingerprint density at radius 2 is 2.14 bits per heavy atom. The van der Waals surface area contributed by atoms with E-state index in [1.54, 1.807) is 36.5 Å². The molecule has 1 fully saturated rings. The van der Waals surface area contributed by atoms with Crippen LogP contribution in [0.25, 0.3) is 0 Å². The number of carbonyl (C=O) groups excluding carboxylic acids is 3. The van der Waals surface area contributed by atoms with Gasteiger partial charge in [-0.25, -0.2) is 4.98 Å². The maximum Gasteiger partial charge on any atom is 0.291 e. The first-order chi connectivity index (χ1) is 13.8. The topological polar surface area (TPSA) is 92.3 Å². The van der Waals surface area contributed by atoms with Gasteiger partial charge in [0, 0.05) is 36.3 Å². The van der Waals surface area contributed by atoms with Gasteiger partial charge in [0.2, 0.25) is 5.78 Å². The van der Waals surface area contributed by atoms with Crippen LogP contribution in [-0.2, 0) is 16.1 Å². The number of hydrogen-bond donors (Lipinski definition) is 1. The van der Waals surface area contributed by atoms with E-state index in [2.05, 4.69) is 15.3 Å². The predicted octanol–water partition coefficient (Wildman–Crippen LogP) is 3.14. The van der Waals surface area contributed by atoms with Gasteiger partial charge in [0.1, 0.15) is 10.7 Å². The number of pyridine rings is 1. The second-order valence-electron chi connectivity index (χ2n) is 7.84. The van der Waals surface area contributed by atoms with Gasteiger partial charge < -0.3 is 10.2 Å². The molecule has 1 atom stereocenters. The molecule has 2 amide bonds. The number of thiazole rings is 1. The van der Waals surface area contributed by atoms with E-state index in [0.717, 1.165) is 18.4 Å². The molecule has 1 saturated heterocycles. The highest BCUT2D eigenvalue weighted by molar-refractivity contribution is 7.09. The van der Waals surface area contributed by atoms with Crippen LogP contribution in [0, 0.1) is 5.41 Å². The van der Waals surface area contributed by atoms with Gasteiger partial charge in [0.25, 0.3) is 11.8 Å². The highest BCUT2D eigenvalue weighted by Gasteiger charge is 2.40. The van der Waals surface area contributed by atoms with E-state index in [1.807, 2.05) is 19.1 Å². The summed E-state index contributed by atoms with van der Waals surface area (Å²) in [5.74, 6) is -1.08. The molecule has 1 aliphatic heterocycles. The average Bonchev–Trinajstić information content (AvgIpc) is 3.41. The summed E-state index contributed by atoms with van der Waals surface area (Å²) in [6.45, 7) is 6.41. The van der Waals surface area contributed by atoms with Gasteiger partial charge in [0.05, 0.1) is 6.04 Å². The van der Waals surface area contributed by atoms with Gasteiger partial charge in [-0.2, -0.15) is 0 Å². The maximum atomic E-state index is 12.8. The van der Waals surface area contributed by atoms with Crippen LogP contribution in [0.1, 0.15) is 67.1 Å². The quantitative estimate of drug-likeness (QED) is 0.703. The van der Waals surface area contributed by atoms with Crippen LogP contribution in [0.2, 0.25) is 0 Å². The summed E-state index contributed by atoms with van der Waals surface area (Å²) >= 11 is 1.35. The molecule has 1 aliphatic rings. The van der Waals surface area contributed by atoms with E-state index in [9.17, 15) is 14.4 Å². The number of nitrogens with one attached hydrogen (secondary N) is 1. The van der Waals surface area contributed by atoms with Gasteiger partial charge in [-0.1, -0.05) is 26.8 Å². The molecule has 3 heterocycles. The summed E-state index contributed by atoms with van der Waals surface area (Å²) in [6, 6.07) is 3.45. The molecular formula is C21H26N4O3S. The lowest BCUT2D eigenvalue weighted by Crippen LogP contribution is -2.42. The van der Waals surface area contributed by atoms with E-state index in [-0.39, 0.29) is 17.7 Å². The minimum atomic E-state index is -0.676. The van der Waals surface area contributed by atoms with E-state index in [0.29, 0.717) is 30.2 Å². The summed E-state index contributed by atoms with van der Waals surface area (Å²) in [4.78, 5) is 47.9. The van der Waals surface area contributed by atoms with Crippen molar-refractivity contribution in [3.05, 3.63) is 46.2 Å². The van der Waals surface area contributed by atoms with Crippen molar-refractivity contribution in [1.82, 2.24) is 20.2 Å². The lowest BCUT2D eigenvalue weighted by Gasteiger charge is -2.27. The fourth-order valence-corrected chi connectivity index (χ4v) is 4.11. The normalized spacial score (nSPS) is 16.7. The molecule has 0 radical (unpaired) electrons. The smallest absolute Gasteiger partial charge is 0.291 e. The Labute approximate surface area is 174 Å². The Balaban J connectivity index is 1.68. The van der Waals surface area contributed by atoms with Crippen molar-refractivity contribution >= 4 is 28.9 Å². The Morgan fingerprint density at radius 3 is 2.83 bits per heavy atom. The van der Waals surface area contributed by atoms with Crippen molar-refractivity contribution in [2.24, 2.45) is 5.41 Å². The molecular weight excluding hydrogens is 388 g/mol. The lowest BCUT2D eigenvalue weighted by atomic mass is 9.84. The van der Waals surface area contributed by atoms with Gasteiger partial charge in [-0.15, -0.1) is 11.3 Å². The number of hydrogen-bond acceptors (Lipinski definition) is 6. The van der Waals surface area contributed by atoms with Gasteiger partial charge in [0.15, 0.2) is 0 Å². The van der Waals surface area contributed by atoms with Crippen molar-refractivity contribution in [2.75, 3.05) is 6.54 Å². The molecule has 29 heavy (non-hydrogen) atoms. The molecule has 7 nitrogen and oxygen atoms in total. The Bertz CT molecular complexity index is 894. The van der Waals surface area contributed by atoms with Crippen LogP contribution < -0.4 is 5.32 Å². The van der Waals surface area contributed by atoms with Crippen LogP contribution in [0.4, 0.5) is 0 Å². The molecule has 8 heteroatoms. The summed E-state index contributed by atoms with van der Waals surface area (Å²) in [7, 11) is 0. The zero-order valence-electron chi connectivity index (χ0n) is 17.0. The van der Waals surface area contributed by atoms with Crippen molar-refractivity contribution in [2.45, 2.75) is 52.6 Å². The second kappa shape index (κ2) is 8.82. The van der Waals surface area contributed by atoms with Crippen LogP contribution in [0.5, 0.6) is 0 Å².